The van der Waals surface area contributed by atoms with Crippen LogP contribution in [0.4, 0.5) is 0 Å². The Kier molecular flexibility index (Phi) is 11.9. The fraction of sp³-hybridized carbons (Fsp3) is 0.630. The fourth-order valence-electron chi connectivity index (χ4n) is 3.79. The lowest BCUT2D eigenvalue weighted by Gasteiger charge is -2.11. The van der Waals surface area contributed by atoms with Crippen LogP contribution in [0.25, 0.3) is 11.4 Å². The lowest BCUT2D eigenvalue weighted by atomic mass is 10.0. The molecule has 0 saturated carbocycles. The molecular weight excluding hydrogens is 400 g/mol. The summed E-state index contributed by atoms with van der Waals surface area (Å²) in [6.07, 6.45) is 13.5. The minimum Gasteiger partial charge on any atom is -0.494 e. The molecule has 178 valence electrons. The van der Waals surface area contributed by atoms with E-state index in [1.807, 2.05) is 24.3 Å². The molecule has 0 aliphatic rings. The standard InChI is InChI=1S/C27H42N2O3/c1-4-6-7-8-9-12-18-24-26(30)28-25(29-27(24)31)22-16-14-17-23(20-22)32-19-13-10-11-15-21(3)5-2/h14,16-17,20-21H,4-13,15,18-19H2,1-3H3,(H2,28,29,30,31). The van der Waals surface area contributed by atoms with Crippen LogP contribution in [0.2, 0.25) is 0 Å². The minimum absolute atomic E-state index is 0.131. The van der Waals surface area contributed by atoms with E-state index in [0.29, 0.717) is 24.4 Å². The van der Waals surface area contributed by atoms with Crippen LogP contribution in [-0.4, -0.2) is 26.8 Å². The maximum Gasteiger partial charge on any atom is 0.221 e. The third-order valence-corrected chi connectivity index (χ3v) is 6.14. The van der Waals surface area contributed by atoms with Gasteiger partial charge < -0.3 is 14.9 Å². The lowest BCUT2D eigenvalue weighted by molar-refractivity contribution is 0.302. The van der Waals surface area contributed by atoms with Crippen molar-refractivity contribution in [1.29, 1.82) is 0 Å². The summed E-state index contributed by atoms with van der Waals surface area (Å²) in [7, 11) is 0. The quantitative estimate of drug-likeness (QED) is 0.264. The van der Waals surface area contributed by atoms with Gasteiger partial charge in [-0.05, 0) is 37.3 Å². The molecule has 1 heterocycles. The van der Waals surface area contributed by atoms with Gasteiger partial charge >= 0.3 is 0 Å². The molecule has 0 aliphatic heterocycles. The highest BCUT2D eigenvalue weighted by Gasteiger charge is 2.14. The number of ether oxygens (including phenoxy) is 1. The topological polar surface area (TPSA) is 75.5 Å². The first-order valence-electron chi connectivity index (χ1n) is 12.6. The monoisotopic (exact) mass is 442 g/mol. The van der Waals surface area contributed by atoms with Crippen LogP contribution in [-0.2, 0) is 6.42 Å². The summed E-state index contributed by atoms with van der Waals surface area (Å²) < 4.78 is 5.90. The van der Waals surface area contributed by atoms with E-state index in [0.717, 1.165) is 36.5 Å². The first-order valence-corrected chi connectivity index (χ1v) is 12.6. The van der Waals surface area contributed by atoms with E-state index in [9.17, 15) is 10.2 Å². The Balaban J connectivity index is 1.87. The van der Waals surface area contributed by atoms with Gasteiger partial charge in [-0.15, -0.1) is 0 Å². The van der Waals surface area contributed by atoms with Crippen LogP contribution in [0.1, 0.15) is 97.0 Å². The first kappa shape index (κ1) is 26.0. The molecule has 2 aromatic rings. The van der Waals surface area contributed by atoms with Crippen molar-refractivity contribution < 1.29 is 14.9 Å². The molecule has 0 saturated heterocycles. The van der Waals surface area contributed by atoms with Gasteiger partial charge in [0.15, 0.2) is 5.82 Å². The molecular formula is C27H42N2O3. The smallest absolute Gasteiger partial charge is 0.221 e. The third kappa shape index (κ3) is 9.05. The molecule has 0 radical (unpaired) electrons. The van der Waals surface area contributed by atoms with E-state index < -0.39 is 0 Å². The van der Waals surface area contributed by atoms with E-state index in [1.54, 1.807) is 0 Å². The molecule has 5 heteroatoms. The minimum atomic E-state index is -0.131. The number of nitrogens with zero attached hydrogens (tertiary/aromatic N) is 2. The van der Waals surface area contributed by atoms with Crippen molar-refractivity contribution in [3.8, 4) is 28.9 Å². The molecule has 0 amide bonds. The van der Waals surface area contributed by atoms with Gasteiger partial charge in [0.2, 0.25) is 11.8 Å². The predicted octanol–water partition coefficient (Wildman–Crippen LogP) is 7.44. The summed E-state index contributed by atoms with van der Waals surface area (Å²) in [5.74, 6) is 1.61. The van der Waals surface area contributed by atoms with Crippen molar-refractivity contribution in [1.82, 2.24) is 9.97 Å². The molecule has 2 rings (SSSR count). The van der Waals surface area contributed by atoms with Crippen molar-refractivity contribution in [3.05, 3.63) is 29.8 Å². The van der Waals surface area contributed by atoms with Crippen LogP contribution in [0.15, 0.2) is 24.3 Å². The zero-order valence-electron chi connectivity index (χ0n) is 20.3. The number of aromatic nitrogens is 2. The SMILES string of the molecule is CCCCCCCCc1c(O)nc(-c2cccc(OCCCCCC(C)CC)c2)nc1O. The number of benzene rings is 1. The first-order chi connectivity index (χ1) is 15.5. The highest BCUT2D eigenvalue weighted by atomic mass is 16.5. The zero-order valence-corrected chi connectivity index (χ0v) is 20.3. The van der Waals surface area contributed by atoms with Gasteiger partial charge in [0.05, 0.1) is 12.2 Å². The van der Waals surface area contributed by atoms with E-state index in [-0.39, 0.29) is 11.8 Å². The molecule has 5 nitrogen and oxygen atoms in total. The fourth-order valence-corrected chi connectivity index (χ4v) is 3.79. The Morgan fingerprint density at radius 2 is 1.56 bits per heavy atom. The number of hydrogen-bond acceptors (Lipinski definition) is 5. The Labute approximate surface area is 194 Å². The van der Waals surface area contributed by atoms with Crippen molar-refractivity contribution in [2.45, 2.75) is 97.8 Å². The summed E-state index contributed by atoms with van der Waals surface area (Å²) in [6, 6.07) is 7.52. The molecule has 1 unspecified atom stereocenters. The second-order valence-electron chi connectivity index (χ2n) is 8.93. The second kappa shape index (κ2) is 14.7. The van der Waals surface area contributed by atoms with Gasteiger partial charge in [-0.1, -0.05) is 90.7 Å². The summed E-state index contributed by atoms with van der Waals surface area (Å²) in [4.78, 5) is 8.50. The van der Waals surface area contributed by atoms with Crippen LogP contribution in [0.5, 0.6) is 17.5 Å². The average Bonchev–Trinajstić information content (AvgIpc) is 2.79. The lowest BCUT2D eigenvalue weighted by Crippen LogP contribution is -1.99. The Morgan fingerprint density at radius 3 is 2.28 bits per heavy atom. The molecule has 32 heavy (non-hydrogen) atoms. The number of unbranched alkanes of at least 4 members (excludes halogenated alkanes) is 7. The maximum absolute atomic E-state index is 10.4. The predicted molar refractivity (Wildman–Crippen MR) is 131 cm³/mol. The largest absolute Gasteiger partial charge is 0.494 e. The van der Waals surface area contributed by atoms with E-state index in [4.69, 9.17) is 4.74 Å². The highest BCUT2D eigenvalue weighted by Crippen LogP contribution is 2.30. The Hall–Kier alpha value is -2.30. The van der Waals surface area contributed by atoms with Gasteiger partial charge in [0, 0.05) is 5.56 Å². The molecule has 0 fully saturated rings. The maximum atomic E-state index is 10.4. The molecule has 0 aliphatic carbocycles. The van der Waals surface area contributed by atoms with Crippen molar-refractivity contribution in [2.24, 2.45) is 5.92 Å². The molecule has 1 aromatic carbocycles. The Morgan fingerprint density at radius 1 is 0.875 bits per heavy atom. The molecule has 0 bridgehead atoms. The molecule has 2 N–H and O–H groups in total. The Bertz CT molecular complexity index is 771. The summed E-state index contributed by atoms with van der Waals surface area (Å²) in [5.41, 5.74) is 1.16. The van der Waals surface area contributed by atoms with Gasteiger partial charge in [0.1, 0.15) is 5.75 Å². The summed E-state index contributed by atoms with van der Waals surface area (Å²) in [6.45, 7) is 7.43. The van der Waals surface area contributed by atoms with Crippen molar-refractivity contribution in [2.75, 3.05) is 6.61 Å². The van der Waals surface area contributed by atoms with Crippen molar-refractivity contribution in [3.63, 3.8) is 0 Å². The van der Waals surface area contributed by atoms with Crippen LogP contribution in [0, 0.1) is 5.92 Å². The van der Waals surface area contributed by atoms with E-state index >= 15 is 0 Å². The van der Waals surface area contributed by atoms with Crippen LogP contribution >= 0.6 is 0 Å². The third-order valence-electron chi connectivity index (χ3n) is 6.14. The average molecular weight is 443 g/mol. The normalized spacial score (nSPS) is 12.1. The molecule has 1 aromatic heterocycles. The summed E-state index contributed by atoms with van der Waals surface area (Å²) >= 11 is 0. The highest BCUT2D eigenvalue weighted by molar-refractivity contribution is 5.59. The van der Waals surface area contributed by atoms with Crippen molar-refractivity contribution >= 4 is 0 Å². The number of rotatable bonds is 16. The van der Waals surface area contributed by atoms with Gasteiger partial charge in [-0.2, -0.15) is 9.97 Å². The second-order valence-corrected chi connectivity index (χ2v) is 8.93. The van der Waals surface area contributed by atoms with Gasteiger partial charge in [-0.3, -0.25) is 0 Å². The number of hydrogen-bond donors (Lipinski definition) is 2. The number of aromatic hydroxyl groups is 2. The van der Waals surface area contributed by atoms with Gasteiger partial charge in [0.25, 0.3) is 0 Å². The molecule has 0 spiro atoms. The van der Waals surface area contributed by atoms with E-state index in [2.05, 4.69) is 30.7 Å². The summed E-state index contributed by atoms with van der Waals surface area (Å²) in [5, 5.41) is 20.8. The van der Waals surface area contributed by atoms with Crippen LogP contribution in [0.3, 0.4) is 0 Å². The molecule has 1 atom stereocenters. The zero-order chi connectivity index (χ0) is 23.2. The van der Waals surface area contributed by atoms with E-state index in [1.165, 1.54) is 51.4 Å². The van der Waals surface area contributed by atoms with Crippen LogP contribution < -0.4 is 4.74 Å². The van der Waals surface area contributed by atoms with Gasteiger partial charge in [-0.25, -0.2) is 0 Å².